The highest BCUT2D eigenvalue weighted by Gasteiger charge is 2.16. The van der Waals surface area contributed by atoms with Gasteiger partial charge in [-0.25, -0.2) is 0 Å². The quantitative estimate of drug-likeness (QED) is 0.616. The summed E-state index contributed by atoms with van der Waals surface area (Å²) < 4.78 is 6.17. The lowest BCUT2D eigenvalue weighted by molar-refractivity contribution is -0.114. The molecule has 0 aliphatic heterocycles. The Hall–Kier alpha value is -3.07. The lowest BCUT2D eigenvalue weighted by Crippen LogP contribution is -2.07. The molecule has 0 atom stereocenters. The Labute approximate surface area is 154 Å². The first-order valence-corrected chi connectivity index (χ1v) is 8.88. The second-order valence-corrected chi connectivity index (χ2v) is 6.16. The molecule has 0 fully saturated rings. The summed E-state index contributed by atoms with van der Waals surface area (Å²) in [4.78, 5) is 11.6. The molecule has 3 aromatic rings. The first-order valence-electron chi connectivity index (χ1n) is 8.88. The summed E-state index contributed by atoms with van der Waals surface area (Å²) >= 11 is 0. The smallest absolute Gasteiger partial charge is 0.221 e. The fourth-order valence-electron chi connectivity index (χ4n) is 2.93. The average molecular weight is 345 g/mol. The highest BCUT2D eigenvalue weighted by Crippen LogP contribution is 2.41. The highest BCUT2D eigenvalue weighted by atomic mass is 16.5. The number of carbonyl (C=O) groups excluding carboxylic acids is 1. The van der Waals surface area contributed by atoms with Crippen molar-refractivity contribution in [2.45, 2.75) is 20.3 Å². The zero-order valence-corrected chi connectivity index (χ0v) is 15.2. The van der Waals surface area contributed by atoms with Crippen molar-refractivity contribution in [3.05, 3.63) is 72.8 Å². The van der Waals surface area contributed by atoms with Gasteiger partial charge in [0, 0.05) is 23.7 Å². The van der Waals surface area contributed by atoms with Gasteiger partial charge in [0.2, 0.25) is 5.91 Å². The number of carbonyl (C=O) groups is 1. The van der Waals surface area contributed by atoms with E-state index in [4.69, 9.17) is 4.74 Å². The summed E-state index contributed by atoms with van der Waals surface area (Å²) in [7, 11) is 0. The number of hydrogen-bond donors (Lipinski definition) is 1. The zero-order valence-electron chi connectivity index (χ0n) is 15.2. The molecule has 0 radical (unpaired) electrons. The van der Waals surface area contributed by atoms with E-state index in [1.807, 2.05) is 48.5 Å². The van der Waals surface area contributed by atoms with Crippen LogP contribution in [0.5, 0.6) is 5.75 Å². The number of amides is 1. The predicted octanol–water partition coefficient (Wildman–Crippen LogP) is 5.77. The molecule has 0 bridgehead atoms. The molecule has 0 aliphatic rings. The molecule has 0 aliphatic carbocycles. The van der Waals surface area contributed by atoms with Gasteiger partial charge in [-0.2, -0.15) is 0 Å². The van der Waals surface area contributed by atoms with Gasteiger partial charge in [-0.15, -0.1) is 0 Å². The SMILES string of the molecule is CCCOc1c(-c2ccccc2)cc(NC(C)=O)cc1-c1ccccc1. The molecule has 1 amide bonds. The Morgan fingerprint density at radius 2 is 1.38 bits per heavy atom. The van der Waals surface area contributed by atoms with Crippen molar-refractivity contribution in [2.75, 3.05) is 11.9 Å². The summed E-state index contributed by atoms with van der Waals surface area (Å²) in [5.74, 6) is 0.753. The van der Waals surface area contributed by atoms with E-state index < -0.39 is 0 Å². The van der Waals surface area contributed by atoms with E-state index in [0.717, 1.165) is 40.1 Å². The van der Waals surface area contributed by atoms with Gasteiger partial charge in [0.05, 0.1) is 6.61 Å². The largest absolute Gasteiger partial charge is 0.492 e. The Kier molecular flexibility index (Phi) is 5.69. The third kappa shape index (κ3) is 4.12. The Morgan fingerprint density at radius 3 is 1.81 bits per heavy atom. The minimum absolute atomic E-state index is 0.0924. The van der Waals surface area contributed by atoms with Crippen molar-refractivity contribution in [3.8, 4) is 28.0 Å². The number of benzene rings is 3. The van der Waals surface area contributed by atoms with Crippen molar-refractivity contribution in [3.63, 3.8) is 0 Å². The zero-order chi connectivity index (χ0) is 18.4. The topological polar surface area (TPSA) is 38.3 Å². The van der Waals surface area contributed by atoms with Gasteiger partial charge in [-0.05, 0) is 29.7 Å². The van der Waals surface area contributed by atoms with E-state index in [9.17, 15) is 4.79 Å². The molecule has 0 spiro atoms. The number of nitrogens with one attached hydrogen (secondary N) is 1. The van der Waals surface area contributed by atoms with E-state index in [1.165, 1.54) is 6.92 Å². The molecule has 3 heteroatoms. The number of hydrogen-bond acceptors (Lipinski definition) is 2. The van der Waals surface area contributed by atoms with E-state index in [2.05, 4.69) is 36.5 Å². The lowest BCUT2D eigenvalue weighted by Gasteiger charge is -2.18. The third-order valence-electron chi connectivity index (χ3n) is 4.03. The van der Waals surface area contributed by atoms with Crippen molar-refractivity contribution < 1.29 is 9.53 Å². The van der Waals surface area contributed by atoms with Crippen LogP contribution in [-0.4, -0.2) is 12.5 Å². The van der Waals surface area contributed by atoms with Gasteiger partial charge >= 0.3 is 0 Å². The summed E-state index contributed by atoms with van der Waals surface area (Å²) in [6.07, 6.45) is 0.926. The molecule has 132 valence electrons. The van der Waals surface area contributed by atoms with Crippen molar-refractivity contribution in [2.24, 2.45) is 0 Å². The van der Waals surface area contributed by atoms with E-state index in [1.54, 1.807) is 0 Å². The molecule has 0 saturated heterocycles. The standard InChI is InChI=1S/C23H23NO2/c1-3-14-26-23-21(18-10-6-4-7-11-18)15-20(24-17(2)25)16-22(23)19-12-8-5-9-13-19/h4-13,15-16H,3,14H2,1-2H3,(H,24,25). The van der Waals surface area contributed by atoms with Gasteiger partial charge in [-0.1, -0.05) is 67.6 Å². The maximum atomic E-state index is 11.6. The molecule has 0 heterocycles. The Balaban J connectivity index is 2.24. The molecular weight excluding hydrogens is 322 g/mol. The van der Waals surface area contributed by atoms with Crippen LogP contribution in [-0.2, 0) is 4.79 Å². The number of ether oxygens (including phenoxy) is 1. The summed E-state index contributed by atoms with van der Waals surface area (Å²) in [6.45, 7) is 4.25. The monoisotopic (exact) mass is 345 g/mol. The van der Waals surface area contributed by atoms with Crippen LogP contribution in [0, 0.1) is 0 Å². The Morgan fingerprint density at radius 1 is 0.885 bits per heavy atom. The molecule has 26 heavy (non-hydrogen) atoms. The van der Waals surface area contributed by atoms with Gasteiger partial charge in [-0.3, -0.25) is 4.79 Å². The second kappa shape index (κ2) is 8.34. The maximum absolute atomic E-state index is 11.6. The maximum Gasteiger partial charge on any atom is 0.221 e. The molecule has 0 saturated carbocycles. The van der Waals surface area contributed by atoms with Crippen molar-refractivity contribution in [1.82, 2.24) is 0 Å². The van der Waals surface area contributed by atoms with Crippen molar-refractivity contribution >= 4 is 11.6 Å². The molecule has 0 aromatic heterocycles. The fraction of sp³-hybridized carbons (Fsp3) is 0.174. The third-order valence-corrected chi connectivity index (χ3v) is 4.03. The molecule has 3 rings (SSSR count). The molecule has 3 aromatic carbocycles. The second-order valence-electron chi connectivity index (χ2n) is 6.16. The van der Waals surface area contributed by atoms with E-state index >= 15 is 0 Å². The van der Waals surface area contributed by atoms with Crippen LogP contribution in [0.15, 0.2) is 72.8 Å². The van der Waals surface area contributed by atoms with Crippen LogP contribution in [0.2, 0.25) is 0 Å². The summed E-state index contributed by atoms with van der Waals surface area (Å²) in [5.41, 5.74) is 4.83. The van der Waals surface area contributed by atoms with Crippen LogP contribution < -0.4 is 10.1 Å². The highest BCUT2D eigenvalue weighted by molar-refractivity contribution is 5.93. The van der Waals surface area contributed by atoms with Crippen LogP contribution in [0.25, 0.3) is 22.3 Å². The lowest BCUT2D eigenvalue weighted by atomic mass is 9.96. The number of rotatable bonds is 6. The molecular formula is C23H23NO2. The first kappa shape index (κ1) is 17.7. The van der Waals surface area contributed by atoms with Gasteiger partial charge in [0.15, 0.2) is 0 Å². The van der Waals surface area contributed by atoms with Crippen LogP contribution >= 0.6 is 0 Å². The minimum atomic E-state index is -0.0924. The summed E-state index contributed by atoms with van der Waals surface area (Å²) in [6, 6.07) is 24.2. The normalized spacial score (nSPS) is 10.4. The average Bonchev–Trinajstić information content (AvgIpc) is 2.67. The van der Waals surface area contributed by atoms with Gasteiger partial charge in [0.1, 0.15) is 5.75 Å². The Bertz CT molecular complexity index is 813. The first-order chi connectivity index (χ1) is 12.7. The van der Waals surface area contributed by atoms with Crippen molar-refractivity contribution in [1.29, 1.82) is 0 Å². The van der Waals surface area contributed by atoms with Crippen LogP contribution in [0.3, 0.4) is 0 Å². The molecule has 3 nitrogen and oxygen atoms in total. The van der Waals surface area contributed by atoms with Gasteiger partial charge < -0.3 is 10.1 Å². The number of anilines is 1. The van der Waals surface area contributed by atoms with Crippen LogP contribution in [0.1, 0.15) is 20.3 Å². The fourth-order valence-corrected chi connectivity index (χ4v) is 2.93. The van der Waals surface area contributed by atoms with E-state index in [-0.39, 0.29) is 5.91 Å². The summed E-state index contributed by atoms with van der Waals surface area (Å²) in [5, 5.41) is 2.91. The van der Waals surface area contributed by atoms with E-state index in [0.29, 0.717) is 6.61 Å². The minimum Gasteiger partial charge on any atom is -0.492 e. The van der Waals surface area contributed by atoms with Crippen LogP contribution in [0.4, 0.5) is 5.69 Å². The molecule has 1 N–H and O–H groups in total. The predicted molar refractivity (Wildman–Crippen MR) is 107 cm³/mol. The molecule has 0 unspecified atom stereocenters. The van der Waals surface area contributed by atoms with Gasteiger partial charge in [0.25, 0.3) is 0 Å².